The summed E-state index contributed by atoms with van der Waals surface area (Å²) in [6.07, 6.45) is 8.07. The molecule has 2 aromatic heterocycles. The van der Waals surface area contributed by atoms with E-state index in [4.69, 9.17) is 14.7 Å². The predicted octanol–water partition coefficient (Wildman–Crippen LogP) is 1.17. The van der Waals surface area contributed by atoms with Crippen molar-refractivity contribution in [2.75, 3.05) is 82.3 Å². The number of imidazole rings is 1. The van der Waals surface area contributed by atoms with E-state index in [9.17, 15) is 9.59 Å². The van der Waals surface area contributed by atoms with Crippen molar-refractivity contribution >= 4 is 34.7 Å². The number of ether oxygens (including phenoxy) is 1. The van der Waals surface area contributed by atoms with Crippen molar-refractivity contribution in [2.45, 2.75) is 57.5 Å². The van der Waals surface area contributed by atoms with Gasteiger partial charge in [-0.25, -0.2) is 4.98 Å². The van der Waals surface area contributed by atoms with Crippen LogP contribution in [-0.4, -0.2) is 124 Å². The molecule has 212 valence electrons. The van der Waals surface area contributed by atoms with Crippen LogP contribution in [0, 0.1) is 0 Å². The van der Waals surface area contributed by atoms with Gasteiger partial charge in [-0.3, -0.25) is 14.5 Å². The number of carbonyl (C=O) groups excluding carboxylic acids is 2. The van der Waals surface area contributed by atoms with Gasteiger partial charge in [0, 0.05) is 84.3 Å². The fraction of sp³-hybridized carbons (Fsp3) is 0.741. The van der Waals surface area contributed by atoms with E-state index in [1.807, 2.05) is 16.1 Å². The van der Waals surface area contributed by atoms with E-state index >= 15 is 0 Å². The number of hydrogen-bond donors (Lipinski definition) is 1. The second-order valence-electron chi connectivity index (χ2n) is 11.1. The zero-order valence-electron chi connectivity index (χ0n) is 22.9. The Hall–Kier alpha value is -2.99. The van der Waals surface area contributed by atoms with Gasteiger partial charge in [0.1, 0.15) is 0 Å². The first-order chi connectivity index (χ1) is 19.2. The van der Waals surface area contributed by atoms with Gasteiger partial charge in [-0.05, 0) is 32.1 Å². The number of hydrogen-bond acceptors (Lipinski definition) is 9. The summed E-state index contributed by atoms with van der Waals surface area (Å²) in [6.45, 7) is 10.0. The van der Waals surface area contributed by atoms with E-state index in [0.717, 1.165) is 114 Å². The Bertz CT molecular complexity index is 1160. The van der Waals surface area contributed by atoms with Gasteiger partial charge in [-0.15, -0.1) is 0 Å². The standard InChI is InChI=1S/C27H41N9O3/c37-22-4-1-9-33(22)11-3-8-28-25-24-26(36(20-29-24)15-14-34-10-2-5-23(34)38)31-27(30-25)35-12-6-21(7-13-35)32-16-18-39-19-17-32/h20-21H,1-19H2,(H,28,30,31). The molecule has 4 aliphatic rings. The minimum atomic E-state index is 0.233. The van der Waals surface area contributed by atoms with Crippen LogP contribution in [0.2, 0.25) is 0 Å². The van der Waals surface area contributed by atoms with Crippen LogP contribution in [0.15, 0.2) is 6.33 Å². The van der Waals surface area contributed by atoms with Gasteiger partial charge in [0.15, 0.2) is 17.0 Å². The van der Waals surface area contributed by atoms with Crippen molar-refractivity contribution in [1.29, 1.82) is 0 Å². The van der Waals surface area contributed by atoms with Crippen LogP contribution in [0.3, 0.4) is 0 Å². The summed E-state index contributed by atoms with van der Waals surface area (Å²) < 4.78 is 7.60. The Balaban J connectivity index is 1.16. The maximum atomic E-state index is 12.1. The van der Waals surface area contributed by atoms with Crippen LogP contribution in [0.1, 0.15) is 44.9 Å². The summed E-state index contributed by atoms with van der Waals surface area (Å²) in [5, 5.41) is 3.51. The number of likely N-dealkylation sites (tertiary alicyclic amines) is 2. The van der Waals surface area contributed by atoms with Gasteiger partial charge in [-0.2, -0.15) is 9.97 Å². The van der Waals surface area contributed by atoms with Crippen molar-refractivity contribution < 1.29 is 14.3 Å². The van der Waals surface area contributed by atoms with E-state index in [0.29, 0.717) is 38.5 Å². The lowest BCUT2D eigenvalue weighted by molar-refractivity contribution is -0.128. The molecule has 0 spiro atoms. The lowest BCUT2D eigenvalue weighted by atomic mass is 10.0. The van der Waals surface area contributed by atoms with E-state index in [1.54, 1.807) is 0 Å². The van der Waals surface area contributed by atoms with Gasteiger partial charge in [0.2, 0.25) is 17.8 Å². The minimum absolute atomic E-state index is 0.233. The van der Waals surface area contributed by atoms with Gasteiger partial charge in [0.25, 0.3) is 0 Å². The highest BCUT2D eigenvalue weighted by Crippen LogP contribution is 2.26. The zero-order valence-corrected chi connectivity index (χ0v) is 22.9. The van der Waals surface area contributed by atoms with Crippen LogP contribution in [0.4, 0.5) is 11.8 Å². The average Bonchev–Trinajstić information content (AvgIpc) is 3.70. The molecule has 4 fully saturated rings. The van der Waals surface area contributed by atoms with Crippen molar-refractivity contribution in [1.82, 2.24) is 34.2 Å². The molecule has 2 aromatic rings. The number of morpholine rings is 1. The Labute approximate surface area is 229 Å². The second kappa shape index (κ2) is 12.0. The SMILES string of the molecule is O=C1CCCN1CCCNc1nc(N2CCC(N3CCOCC3)CC2)nc2c1ncn2CCN1CCCC1=O. The molecule has 39 heavy (non-hydrogen) atoms. The number of aromatic nitrogens is 4. The van der Waals surface area contributed by atoms with Gasteiger partial charge >= 0.3 is 0 Å². The molecular formula is C27H41N9O3. The molecule has 0 saturated carbocycles. The van der Waals surface area contributed by atoms with Gasteiger partial charge in [0.05, 0.1) is 19.5 Å². The highest BCUT2D eigenvalue weighted by atomic mass is 16.5. The van der Waals surface area contributed by atoms with Crippen LogP contribution in [0.25, 0.3) is 11.2 Å². The molecule has 1 N–H and O–H groups in total. The van der Waals surface area contributed by atoms with Crippen molar-refractivity contribution in [3.05, 3.63) is 6.33 Å². The Morgan fingerprint density at radius 2 is 1.59 bits per heavy atom. The van der Waals surface area contributed by atoms with Crippen molar-refractivity contribution in [3.8, 4) is 0 Å². The molecule has 0 aromatic carbocycles. The normalized spacial score (nSPS) is 21.6. The van der Waals surface area contributed by atoms with Crippen LogP contribution in [-0.2, 0) is 20.9 Å². The number of anilines is 2. The fourth-order valence-corrected chi connectivity index (χ4v) is 6.32. The van der Waals surface area contributed by atoms with E-state index in [1.165, 1.54) is 0 Å². The number of fused-ring (bicyclic) bond motifs is 1. The number of carbonyl (C=O) groups is 2. The van der Waals surface area contributed by atoms with Gasteiger partial charge < -0.3 is 29.3 Å². The summed E-state index contributed by atoms with van der Waals surface area (Å²) in [7, 11) is 0. The molecule has 6 heterocycles. The van der Waals surface area contributed by atoms with Crippen LogP contribution in [0.5, 0.6) is 0 Å². The first-order valence-corrected chi connectivity index (χ1v) is 14.7. The van der Waals surface area contributed by atoms with Crippen LogP contribution < -0.4 is 10.2 Å². The van der Waals surface area contributed by atoms with E-state index < -0.39 is 0 Å². The molecule has 6 rings (SSSR count). The summed E-state index contributed by atoms with van der Waals surface area (Å²) >= 11 is 0. The molecule has 0 aliphatic carbocycles. The Morgan fingerprint density at radius 3 is 2.28 bits per heavy atom. The summed E-state index contributed by atoms with van der Waals surface area (Å²) in [4.78, 5) is 47.5. The molecule has 0 radical (unpaired) electrons. The maximum absolute atomic E-state index is 12.1. The number of rotatable bonds is 10. The van der Waals surface area contributed by atoms with E-state index in [2.05, 4.69) is 24.7 Å². The second-order valence-corrected chi connectivity index (χ2v) is 11.1. The van der Waals surface area contributed by atoms with Crippen molar-refractivity contribution in [2.24, 2.45) is 0 Å². The third-order valence-corrected chi connectivity index (χ3v) is 8.61. The molecule has 12 heteroatoms. The first-order valence-electron chi connectivity index (χ1n) is 14.7. The van der Waals surface area contributed by atoms with Gasteiger partial charge in [-0.1, -0.05) is 0 Å². The largest absolute Gasteiger partial charge is 0.379 e. The molecule has 0 unspecified atom stereocenters. The summed E-state index contributed by atoms with van der Waals surface area (Å²) in [5.41, 5.74) is 1.56. The third kappa shape index (κ3) is 5.96. The Kier molecular flexibility index (Phi) is 8.10. The molecule has 4 aliphatic heterocycles. The molecule has 0 atom stereocenters. The number of piperidine rings is 1. The molecule has 0 bridgehead atoms. The highest BCUT2D eigenvalue weighted by molar-refractivity contribution is 5.84. The third-order valence-electron chi connectivity index (χ3n) is 8.61. The van der Waals surface area contributed by atoms with Crippen LogP contribution >= 0.6 is 0 Å². The average molecular weight is 540 g/mol. The molecular weight excluding hydrogens is 498 g/mol. The lowest BCUT2D eigenvalue weighted by Gasteiger charge is -2.40. The smallest absolute Gasteiger partial charge is 0.229 e. The van der Waals surface area contributed by atoms with E-state index in [-0.39, 0.29) is 11.8 Å². The highest BCUT2D eigenvalue weighted by Gasteiger charge is 2.28. The Morgan fingerprint density at radius 1 is 0.872 bits per heavy atom. The maximum Gasteiger partial charge on any atom is 0.229 e. The lowest BCUT2D eigenvalue weighted by Crippen LogP contribution is -2.49. The molecule has 12 nitrogen and oxygen atoms in total. The fourth-order valence-electron chi connectivity index (χ4n) is 6.32. The minimum Gasteiger partial charge on any atom is -0.379 e. The number of nitrogens with one attached hydrogen (secondary N) is 1. The summed E-state index contributed by atoms with van der Waals surface area (Å²) in [6, 6.07) is 0.586. The van der Waals surface area contributed by atoms with Crippen molar-refractivity contribution in [3.63, 3.8) is 0 Å². The molecule has 2 amide bonds. The predicted molar refractivity (Wildman–Crippen MR) is 148 cm³/mol. The number of nitrogens with zero attached hydrogens (tertiary/aromatic N) is 8. The summed E-state index contributed by atoms with van der Waals surface area (Å²) in [5.74, 6) is 1.97. The zero-order chi connectivity index (χ0) is 26.6. The first kappa shape index (κ1) is 26.2. The number of amides is 2. The quantitative estimate of drug-likeness (QED) is 0.445. The monoisotopic (exact) mass is 539 g/mol. The molecule has 4 saturated heterocycles. The topological polar surface area (TPSA) is 112 Å².